The van der Waals surface area contributed by atoms with Crippen LogP contribution in [0.4, 0.5) is 0 Å². The van der Waals surface area contributed by atoms with Crippen molar-refractivity contribution >= 4 is 54.4 Å². The molecular formula is C57H35N3O. The normalized spacial score (nSPS) is 11.6. The molecule has 12 rings (SSSR count). The Morgan fingerprint density at radius 2 is 0.836 bits per heavy atom. The Kier molecular flexibility index (Phi) is 8.13. The van der Waals surface area contributed by atoms with E-state index >= 15 is 0 Å². The molecule has 0 spiro atoms. The summed E-state index contributed by atoms with van der Waals surface area (Å²) in [5.74, 6) is 0.627. The number of aromatic nitrogens is 3. The summed E-state index contributed by atoms with van der Waals surface area (Å²) in [5, 5.41) is 7.69. The summed E-state index contributed by atoms with van der Waals surface area (Å²) in [6.45, 7) is 0. The second-order valence-corrected chi connectivity index (χ2v) is 15.5. The van der Waals surface area contributed by atoms with Gasteiger partial charge < -0.3 is 4.42 Å². The van der Waals surface area contributed by atoms with Crippen LogP contribution in [0.1, 0.15) is 0 Å². The molecular weight excluding hydrogens is 743 g/mol. The van der Waals surface area contributed by atoms with Gasteiger partial charge in [0, 0.05) is 33.0 Å². The Bertz CT molecular complexity index is 3510. The molecule has 0 bridgehead atoms. The first-order valence-corrected chi connectivity index (χ1v) is 20.6. The number of rotatable bonds is 6. The van der Waals surface area contributed by atoms with Crippen molar-refractivity contribution in [3.63, 3.8) is 0 Å². The maximum atomic E-state index is 6.82. The topological polar surface area (TPSA) is 51.8 Å². The number of para-hydroxylation sites is 1. The number of furan rings is 1. The molecule has 0 saturated heterocycles. The summed E-state index contributed by atoms with van der Waals surface area (Å²) in [7, 11) is 0. The fraction of sp³-hybridized carbons (Fsp3) is 0. The highest BCUT2D eigenvalue weighted by Crippen LogP contribution is 2.44. The molecule has 4 nitrogen and oxygen atoms in total. The van der Waals surface area contributed by atoms with Gasteiger partial charge in [0.05, 0.1) is 28.0 Å². The van der Waals surface area contributed by atoms with Crippen molar-refractivity contribution in [2.24, 2.45) is 0 Å². The van der Waals surface area contributed by atoms with Gasteiger partial charge in [0.2, 0.25) is 0 Å². The van der Waals surface area contributed by atoms with Gasteiger partial charge in [0.25, 0.3) is 0 Å². The molecule has 0 aliphatic rings. The molecule has 12 aromatic rings. The fourth-order valence-corrected chi connectivity index (χ4v) is 8.85. The van der Waals surface area contributed by atoms with Crippen LogP contribution in [0.3, 0.4) is 0 Å². The van der Waals surface area contributed by atoms with Gasteiger partial charge >= 0.3 is 0 Å². The third kappa shape index (κ3) is 6.04. The quantitative estimate of drug-likeness (QED) is 0.158. The molecule has 0 unspecified atom stereocenters. The maximum absolute atomic E-state index is 6.82. The van der Waals surface area contributed by atoms with Crippen molar-refractivity contribution < 1.29 is 4.42 Å². The summed E-state index contributed by atoms with van der Waals surface area (Å²) in [6.07, 6.45) is 0. The van der Waals surface area contributed by atoms with Crippen LogP contribution in [0.15, 0.2) is 217 Å². The molecule has 0 aliphatic heterocycles. The molecule has 0 atom stereocenters. The van der Waals surface area contributed by atoms with E-state index in [1.54, 1.807) is 0 Å². The Hall–Kier alpha value is -8.21. The zero-order valence-corrected chi connectivity index (χ0v) is 33.0. The molecule has 0 saturated carbocycles. The van der Waals surface area contributed by atoms with Crippen LogP contribution in [0.25, 0.3) is 122 Å². The van der Waals surface area contributed by atoms with Crippen LogP contribution >= 0.6 is 0 Å². The number of benzene rings is 9. The lowest BCUT2D eigenvalue weighted by atomic mass is 9.93. The van der Waals surface area contributed by atoms with E-state index in [9.17, 15) is 0 Å². The highest BCUT2D eigenvalue weighted by molar-refractivity contribution is 6.23. The van der Waals surface area contributed by atoms with Gasteiger partial charge in [0.15, 0.2) is 5.82 Å². The molecule has 9 aromatic carbocycles. The van der Waals surface area contributed by atoms with Gasteiger partial charge in [-0.1, -0.05) is 176 Å². The maximum Gasteiger partial charge on any atom is 0.160 e. The van der Waals surface area contributed by atoms with Crippen molar-refractivity contribution in [1.29, 1.82) is 0 Å². The van der Waals surface area contributed by atoms with Gasteiger partial charge in [-0.2, -0.15) is 0 Å². The van der Waals surface area contributed by atoms with E-state index in [2.05, 4.69) is 188 Å². The largest absolute Gasteiger partial charge is 0.455 e. The molecule has 284 valence electrons. The summed E-state index contributed by atoms with van der Waals surface area (Å²) in [6, 6.07) is 74.3. The third-order valence-electron chi connectivity index (χ3n) is 11.9. The predicted molar refractivity (Wildman–Crippen MR) is 252 cm³/mol. The monoisotopic (exact) mass is 777 g/mol. The molecule has 3 aromatic heterocycles. The first-order chi connectivity index (χ1) is 30.2. The van der Waals surface area contributed by atoms with Crippen LogP contribution in [-0.2, 0) is 0 Å². The van der Waals surface area contributed by atoms with Crippen molar-refractivity contribution in [3.05, 3.63) is 212 Å². The Balaban J connectivity index is 1.05. The number of fused-ring (bicyclic) bond motifs is 8. The Labute approximate surface area is 352 Å². The van der Waals surface area contributed by atoms with Crippen LogP contribution in [0.5, 0.6) is 0 Å². The van der Waals surface area contributed by atoms with Crippen molar-refractivity contribution in [2.45, 2.75) is 0 Å². The molecule has 0 fully saturated rings. The fourth-order valence-electron chi connectivity index (χ4n) is 8.85. The minimum Gasteiger partial charge on any atom is -0.455 e. The number of pyridine rings is 1. The highest BCUT2D eigenvalue weighted by Gasteiger charge is 2.21. The number of hydrogen-bond acceptors (Lipinski definition) is 4. The number of hydrogen-bond donors (Lipinski definition) is 0. The van der Waals surface area contributed by atoms with E-state index in [0.29, 0.717) is 5.82 Å². The summed E-state index contributed by atoms with van der Waals surface area (Å²) in [4.78, 5) is 16.0. The summed E-state index contributed by atoms with van der Waals surface area (Å²) in [5.41, 5.74) is 13.7. The summed E-state index contributed by atoms with van der Waals surface area (Å²) < 4.78 is 6.82. The molecule has 0 N–H and O–H groups in total. The SMILES string of the molecule is c1ccc(-c2ccc(-c3cc(-c4ccc(-c5ccccc5)cc4)nc(-c4ccc5nc(-c6cc7ccccc7c7ccccc67)c6c7ccccc7oc6c5c4)n3)cc2)cc1. The van der Waals surface area contributed by atoms with Gasteiger partial charge in [-0.3, -0.25) is 0 Å². The van der Waals surface area contributed by atoms with Crippen molar-refractivity contribution in [3.8, 4) is 67.4 Å². The van der Waals surface area contributed by atoms with Crippen LogP contribution < -0.4 is 0 Å². The van der Waals surface area contributed by atoms with E-state index in [4.69, 9.17) is 19.4 Å². The van der Waals surface area contributed by atoms with E-state index < -0.39 is 0 Å². The molecule has 0 radical (unpaired) electrons. The highest BCUT2D eigenvalue weighted by atomic mass is 16.3. The second-order valence-electron chi connectivity index (χ2n) is 15.5. The summed E-state index contributed by atoms with van der Waals surface area (Å²) >= 11 is 0. The second kappa shape index (κ2) is 14.3. The van der Waals surface area contributed by atoms with Crippen LogP contribution in [0.2, 0.25) is 0 Å². The van der Waals surface area contributed by atoms with Crippen LogP contribution in [-0.4, -0.2) is 15.0 Å². The molecule has 3 heterocycles. The lowest BCUT2D eigenvalue weighted by molar-refractivity contribution is 0.672. The van der Waals surface area contributed by atoms with Crippen molar-refractivity contribution in [1.82, 2.24) is 15.0 Å². The average Bonchev–Trinajstić information content (AvgIpc) is 3.74. The first-order valence-electron chi connectivity index (χ1n) is 20.6. The van der Waals surface area contributed by atoms with Gasteiger partial charge in [-0.25, -0.2) is 15.0 Å². The zero-order valence-electron chi connectivity index (χ0n) is 33.0. The molecule has 0 amide bonds. The third-order valence-corrected chi connectivity index (χ3v) is 11.9. The first kappa shape index (κ1) is 34.8. The number of nitrogens with zero attached hydrogens (tertiary/aromatic N) is 3. The van der Waals surface area contributed by atoms with Gasteiger partial charge in [-0.05, 0) is 80.2 Å². The zero-order chi connectivity index (χ0) is 40.3. The van der Waals surface area contributed by atoms with Gasteiger partial charge in [-0.15, -0.1) is 0 Å². The minimum absolute atomic E-state index is 0.627. The van der Waals surface area contributed by atoms with E-state index in [1.807, 2.05) is 24.3 Å². The lowest BCUT2D eigenvalue weighted by Crippen LogP contribution is -1.97. The molecule has 4 heteroatoms. The minimum atomic E-state index is 0.627. The van der Waals surface area contributed by atoms with E-state index in [0.717, 1.165) is 88.7 Å². The van der Waals surface area contributed by atoms with Gasteiger partial charge in [0.1, 0.15) is 11.2 Å². The predicted octanol–water partition coefficient (Wildman–Crippen LogP) is 15.2. The van der Waals surface area contributed by atoms with E-state index in [-0.39, 0.29) is 0 Å². The smallest absolute Gasteiger partial charge is 0.160 e. The Morgan fingerprint density at radius 3 is 1.49 bits per heavy atom. The lowest BCUT2D eigenvalue weighted by Gasteiger charge is -2.13. The molecule has 61 heavy (non-hydrogen) atoms. The molecule has 0 aliphatic carbocycles. The Morgan fingerprint density at radius 1 is 0.328 bits per heavy atom. The standard InChI is InChI=1S/C57H35N3O/c1-3-13-36(14-4-1)38-23-27-40(28-24-38)51-35-52(41-29-25-39(26-30-41)37-15-5-2-6-16-37)60-57(59-51)43-31-32-50-49(34-43)56-54(47-21-11-12-22-53(47)61-56)55(58-50)48-33-42-17-7-8-18-44(42)45-19-9-10-20-46(45)48/h1-35H. The van der Waals surface area contributed by atoms with Crippen LogP contribution in [0, 0.1) is 0 Å². The average molecular weight is 778 g/mol. The van der Waals surface area contributed by atoms with Crippen molar-refractivity contribution in [2.75, 3.05) is 0 Å². The van der Waals surface area contributed by atoms with E-state index in [1.165, 1.54) is 27.3 Å².